The molecule has 1 atom stereocenters. The fourth-order valence-corrected chi connectivity index (χ4v) is 4.53. The fraction of sp³-hybridized carbons (Fsp3) is 0.250. The number of anilines is 1. The lowest BCUT2D eigenvalue weighted by Gasteiger charge is -2.33. The van der Waals surface area contributed by atoms with Crippen LogP contribution in [-0.4, -0.2) is 23.0 Å². The van der Waals surface area contributed by atoms with Crippen molar-refractivity contribution >= 4 is 22.9 Å². The molecule has 0 bridgehead atoms. The standard InChI is InChI=1S/C28H29N3O2S/c1-18(2)28(4,23-10-6-20(7-11-23)22-14-25(33-5)16-29-15-22)27(32)31-24-12-8-21(9-13-24)26-17-34-19(3)30-26/h6-18H,1-5H3,(H,31,32). The highest BCUT2D eigenvalue weighted by molar-refractivity contribution is 7.09. The Balaban J connectivity index is 1.55. The summed E-state index contributed by atoms with van der Waals surface area (Å²) in [6.45, 7) is 8.15. The Morgan fingerprint density at radius 2 is 1.68 bits per heavy atom. The highest BCUT2D eigenvalue weighted by atomic mass is 32.1. The van der Waals surface area contributed by atoms with Crippen LogP contribution >= 0.6 is 11.3 Å². The Labute approximate surface area is 204 Å². The third-order valence-electron chi connectivity index (χ3n) is 6.45. The number of nitrogens with one attached hydrogen (secondary N) is 1. The highest BCUT2D eigenvalue weighted by Gasteiger charge is 2.38. The fourth-order valence-electron chi connectivity index (χ4n) is 3.91. The molecule has 0 fully saturated rings. The third-order valence-corrected chi connectivity index (χ3v) is 7.22. The number of carbonyl (C=O) groups is 1. The van der Waals surface area contributed by atoms with Crippen molar-refractivity contribution in [2.75, 3.05) is 12.4 Å². The highest BCUT2D eigenvalue weighted by Crippen LogP contribution is 2.35. The Hall–Kier alpha value is -3.51. The first-order valence-electron chi connectivity index (χ1n) is 11.2. The van der Waals surface area contributed by atoms with E-state index < -0.39 is 5.41 Å². The number of amides is 1. The van der Waals surface area contributed by atoms with E-state index in [9.17, 15) is 4.79 Å². The van der Waals surface area contributed by atoms with Gasteiger partial charge >= 0.3 is 0 Å². The lowest BCUT2D eigenvalue weighted by molar-refractivity contribution is -0.122. The predicted octanol–water partition coefficient (Wildman–Crippen LogP) is 6.74. The molecule has 1 amide bonds. The molecule has 0 spiro atoms. The van der Waals surface area contributed by atoms with E-state index in [-0.39, 0.29) is 11.8 Å². The van der Waals surface area contributed by atoms with E-state index in [4.69, 9.17) is 4.74 Å². The van der Waals surface area contributed by atoms with Crippen LogP contribution in [-0.2, 0) is 10.2 Å². The lowest BCUT2D eigenvalue weighted by atomic mass is 9.72. The molecule has 34 heavy (non-hydrogen) atoms. The van der Waals surface area contributed by atoms with E-state index in [1.165, 1.54) is 0 Å². The second-order valence-corrected chi connectivity index (χ2v) is 9.89. The summed E-state index contributed by atoms with van der Waals surface area (Å²) in [5, 5.41) is 6.21. The summed E-state index contributed by atoms with van der Waals surface area (Å²) >= 11 is 1.63. The molecule has 174 valence electrons. The second-order valence-electron chi connectivity index (χ2n) is 8.83. The molecule has 0 saturated carbocycles. The van der Waals surface area contributed by atoms with Crippen LogP contribution in [0.5, 0.6) is 5.75 Å². The molecule has 1 unspecified atom stereocenters. The number of nitrogens with zero attached hydrogens (tertiary/aromatic N) is 2. The minimum Gasteiger partial charge on any atom is -0.495 e. The summed E-state index contributed by atoms with van der Waals surface area (Å²) in [4.78, 5) is 22.3. The molecule has 5 nitrogen and oxygen atoms in total. The Morgan fingerprint density at radius 3 is 2.26 bits per heavy atom. The van der Waals surface area contributed by atoms with E-state index in [1.54, 1.807) is 24.6 Å². The Bertz CT molecular complexity index is 1280. The number of methoxy groups -OCH3 is 1. The molecule has 0 radical (unpaired) electrons. The maximum Gasteiger partial charge on any atom is 0.235 e. The van der Waals surface area contributed by atoms with Crippen molar-refractivity contribution in [3.63, 3.8) is 0 Å². The molecule has 0 aliphatic rings. The molecule has 6 heteroatoms. The predicted molar refractivity (Wildman–Crippen MR) is 139 cm³/mol. The maximum atomic E-state index is 13.5. The van der Waals surface area contributed by atoms with Crippen molar-refractivity contribution in [3.05, 3.63) is 82.9 Å². The van der Waals surface area contributed by atoms with Gasteiger partial charge in [0.15, 0.2) is 0 Å². The van der Waals surface area contributed by atoms with Gasteiger partial charge in [-0.15, -0.1) is 11.3 Å². The minimum atomic E-state index is -0.699. The first-order valence-corrected chi connectivity index (χ1v) is 12.1. The SMILES string of the molecule is COc1cncc(-c2ccc(C(C)(C(=O)Nc3ccc(-c4csc(C)n4)cc3)C(C)C)cc2)c1. The van der Waals surface area contributed by atoms with E-state index in [1.807, 2.05) is 80.0 Å². The molecule has 0 aliphatic carbocycles. The number of ether oxygens (including phenoxy) is 1. The van der Waals surface area contributed by atoms with Crippen LogP contribution in [0.25, 0.3) is 22.4 Å². The maximum absolute atomic E-state index is 13.5. The summed E-state index contributed by atoms with van der Waals surface area (Å²) in [5.74, 6) is 0.772. The van der Waals surface area contributed by atoms with Crippen LogP contribution < -0.4 is 10.1 Å². The number of benzene rings is 2. The normalized spacial score (nSPS) is 12.9. The molecule has 1 N–H and O–H groups in total. The largest absolute Gasteiger partial charge is 0.495 e. The topological polar surface area (TPSA) is 64.1 Å². The average Bonchev–Trinajstić information content (AvgIpc) is 3.30. The van der Waals surface area contributed by atoms with Crippen LogP contribution in [0.3, 0.4) is 0 Å². The number of aryl methyl sites for hydroxylation is 1. The first-order chi connectivity index (χ1) is 16.3. The van der Waals surface area contributed by atoms with Gasteiger partial charge in [-0.25, -0.2) is 4.98 Å². The van der Waals surface area contributed by atoms with Gasteiger partial charge in [-0.1, -0.05) is 50.2 Å². The summed E-state index contributed by atoms with van der Waals surface area (Å²) in [7, 11) is 1.63. The third kappa shape index (κ3) is 4.73. The number of hydrogen-bond acceptors (Lipinski definition) is 5. The number of hydrogen-bond donors (Lipinski definition) is 1. The summed E-state index contributed by atoms with van der Waals surface area (Å²) < 4.78 is 5.29. The number of rotatable bonds is 7. The van der Waals surface area contributed by atoms with E-state index >= 15 is 0 Å². The molecule has 2 aromatic carbocycles. The molecular formula is C28H29N3O2S. The van der Waals surface area contributed by atoms with Gasteiger partial charge in [0.2, 0.25) is 5.91 Å². The van der Waals surface area contributed by atoms with Crippen LogP contribution in [0.15, 0.2) is 72.4 Å². The average molecular weight is 472 g/mol. The van der Waals surface area contributed by atoms with Crippen LogP contribution in [0.1, 0.15) is 31.3 Å². The van der Waals surface area contributed by atoms with Crippen molar-refractivity contribution in [2.45, 2.75) is 33.1 Å². The summed E-state index contributed by atoms with van der Waals surface area (Å²) in [6, 6.07) is 17.9. The quantitative estimate of drug-likeness (QED) is 0.324. The molecule has 4 rings (SSSR count). The second kappa shape index (κ2) is 9.77. The molecule has 0 saturated heterocycles. The Kier molecular flexibility index (Phi) is 6.80. The van der Waals surface area contributed by atoms with Crippen molar-refractivity contribution in [3.8, 4) is 28.1 Å². The lowest BCUT2D eigenvalue weighted by Crippen LogP contribution is -2.42. The molecule has 2 aromatic heterocycles. The van der Waals surface area contributed by atoms with Crippen molar-refractivity contribution in [1.29, 1.82) is 0 Å². The zero-order chi connectivity index (χ0) is 24.3. The number of carbonyl (C=O) groups excluding carboxylic acids is 1. The van der Waals surface area contributed by atoms with Gasteiger partial charge in [-0.2, -0.15) is 0 Å². The van der Waals surface area contributed by atoms with E-state index in [0.29, 0.717) is 5.75 Å². The van der Waals surface area contributed by atoms with Crippen molar-refractivity contribution in [2.24, 2.45) is 5.92 Å². The van der Waals surface area contributed by atoms with Crippen molar-refractivity contribution in [1.82, 2.24) is 9.97 Å². The summed E-state index contributed by atoms with van der Waals surface area (Å²) in [6.07, 6.45) is 3.49. The van der Waals surface area contributed by atoms with Gasteiger partial charge in [0.05, 0.1) is 29.4 Å². The zero-order valence-corrected chi connectivity index (χ0v) is 20.9. The van der Waals surface area contributed by atoms with Crippen LogP contribution in [0, 0.1) is 12.8 Å². The Morgan fingerprint density at radius 1 is 1.00 bits per heavy atom. The minimum absolute atomic E-state index is 0.0319. The smallest absolute Gasteiger partial charge is 0.235 e. The van der Waals surface area contributed by atoms with Gasteiger partial charge in [0.1, 0.15) is 5.75 Å². The van der Waals surface area contributed by atoms with Gasteiger partial charge < -0.3 is 10.1 Å². The van der Waals surface area contributed by atoms with Crippen molar-refractivity contribution < 1.29 is 9.53 Å². The van der Waals surface area contributed by atoms with Crippen LogP contribution in [0.2, 0.25) is 0 Å². The van der Waals surface area contributed by atoms with Gasteiger partial charge in [0, 0.05) is 28.4 Å². The number of pyridine rings is 1. The van der Waals surface area contributed by atoms with Gasteiger partial charge in [-0.3, -0.25) is 9.78 Å². The summed E-state index contributed by atoms with van der Waals surface area (Å²) in [5.41, 5.74) is 5.03. The van der Waals surface area contributed by atoms with E-state index in [0.717, 1.165) is 38.6 Å². The molecule has 2 heterocycles. The molecule has 0 aliphatic heterocycles. The molecule has 4 aromatic rings. The molecular weight excluding hydrogens is 442 g/mol. The van der Waals surface area contributed by atoms with Gasteiger partial charge in [-0.05, 0) is 49.1 Å². The van der Waals surface area contributed by atoms with Gasteiger partial charge in [0.25, 0.3) is 0 Å². The first kappa shape index (κ1) is 23.6. The zero-order valence-electron chi connectivity index (χ0n) is 20.1. The van der Waals surface area contributed by atoms with Crippen LogP contribution in [0.4, 0.5) is 5.69 Å². The van der Waals surface area contributed by atoms with E-state index in [2.05, 4.69) is 29.1 Å². The number of thiazole rings is 1. The number of aromatic nitrogens is 2. The monoisotopic (exact) mass is 471 g/mol.